The second-order valence-electron chi connectivity index (χ2n) is 7.51. The molecule has 7 nitrogen and oxygen atoms in total. The van der Waals surface area contributed by atoms with Crippen molar-refractivity contribution in [2.45, 2.75) is 5.41 Å². The maximum Gasteiger partial charge on any atom is 0.245 e. The van der Waals surface area contributed by atoms with Gasteiger partial charge in [0.25, 0.3) is 0 Å². The van der Waals surface area contributed by atoms with E-state index in [4.69, 9.17) is 14.2 Å². The summed E-state index contributed by atoms with van der Waals surface area (Å²) in [4.78, 5) is 19.9. The number of anilines is 2. The van der Waals surface area contributed by atoms with Gasteiger partial charge in [0.2, 0.25) is 12.7 Å². The quantitative estimate of drug-likeness (QED) is 0.725. The number of fused-ring (bicyclic) bond motifs is 5. The minimum absolute atomic E-state index is 0.0177. The number of rotatable bonds is 4. The Hall–Kier alpha value is -3.74. The van der Waals surface area contributed by atoms with Gasteiger partial charge in [-0.25, -0.2) is 4.98 Å². The number of nitrogens with one attached hydrogen (secondary N) is 1. The van der Waals surface area contributed by atoms with E-state index in [9.17, 15) is 4.79 Å². The van der Waals surface area contributed by atoms with Crippen molar-refractivity contribution in [1.82, 2.24) is 4.98 Å². The molecule has 0 saturated carbocycles. The minimum atomic E-state index is -0.863. The van der Waals surface area contributed by atoms with Crippen LogP contribution in [0.25, 0.3) is 0 Å². The first-order valence-corrected chi connectivity index (χ1v) is 9.91. The van der Waals surface area contributed by atoms with E-state index in [1.165, 1.54) is 0 Å². The largest absolute Gasteiger partial charge is 0.491 e. The summed E-state index contributed by atoms with van der Waals surface area (Å²) < 4.78 is 17.0. The van der Waals surface area contributed by atoms with Crippen molar-refractivity contribution in [3.05, 3.63) is 71.9 Å². The molecule has 1 atom stereocenters. The number of aromatic nitrogens is 1. The molecular formula is C23H19N3O4. The number of carbonyl (C=O) groups is 1. The van der Waals surface area contributed by atoms with Crippen molar-refractivity contribution < 1.29 is 19.0 Å². The maximum atomic E-state index is 13.8. The van der Waals surface area contributed by atoms with E-state index in [0.717, 1.165) is 22.6 Å². The fourth-order valence-electron chi connectivity index (χ4n) is 4.55. The van der Waals surface area contributed by atoms with Crippen molar-refractivity contribution in [2.75, 3.05) is 36.7 Å². The van der Waals surface area contributed by atoms with E-state index in [0.29, 0.717) is 30.3 Å². The van der Waals surface area contributed by atoms with Gasteiger partial charge in [0.1, 0.15) is 23.6 Å². The molecule has 0 fully saturated rings. The van der Waals surface area contributed by atoms with E-state index in [1.807, 2.05) is 59.5 Å². The number of ether oxygens (including phenoxy) is 3. The Morgan fingerprint density at radius 3 is 2.67 bits per heavy atom. The van der Waals surface area contributed by atoms with Gasteiger partial charge < -0.3 is 24.4 Å². The third-order valence-corrected chi connectivity index (χ3v) is 5.95. The Morgan fingerprint density at radius 1 is 0.967 bits per heavy atom. The first kappa shape index (κ1) is 17.1. The molecule has 1 N–H and O–H groups in total. The standard InChI is InChI=1S/C23H19N3O4/c27-22-23(13-28-18-12-20-19(11-16(18)23)29-14-30-20)15-5-1-2-6-17(15)26(22)10-9-25-21-7-3-4-8-24-21/h1-8,11-12H,9-10,13-14H2,(H,24,25). The predicted octanol–water partition coefficient (Wildman–Crippen LogP) is 2.95. The van der Waals surface area contributed by atoms with Crippen LogP contribution in [0.5, 0.6) is 17.2 Å². The molecular weight excluding hydrogens is 382 g/mol. The lowest BCUT2D eigenvalue weighted by Crippen LogP contribution is -2.44. The lowest BCUT2D eigenvalue weighted by atomic mass is 9.77. The first-order chi connectivity index (χ1) is 14.8. The summed E-state index contributed by atoms with van der Waals surface area (Å²) in [5.41, 5.74) is 1.85. The highest BCUT2D eigenvalue weighted by Gasteiger charge is 2.57. The van der Waals surface area contributed by atoms with Gasteiger partial charge in [0.05, 0.1) is 0 Å². The normalized spacial score (nSPS) is 20.3. The number of nitrogens with zero attached hydrogens (tertiary/aromatic N) is 2. The molecule has 1 amide bonds. The zero-order chi connectivity index (χ0) is 20.1. The van der Waals surface area contributed by atoms with Crippen LogP contribution in [0.4, 0.5) is 11.5 Å². The van der Waals surface area contributed by atoms with E-state index < -0.39 is 5.41 Å². The number of benzene rings is 2. The first-order valence-electron chi connectivity index (χ1n) is 9.91. The van der Waals surface area contributed by atoms with Gasteiger partial charge >= 0.3 is 0 Å². The number of hydrogen-bond donors (Lipinski definition) is 1. The summed E-state index contributed by atoms with van der Waals surface area (Å²) in [7, 11) is 0. The molecule has 4 heterocycles. The Labute approximate surface area is 173 Å². The van der Waals surface area contributed by atoms with Gasteiger partial charge in [0, 0.05) is 36.6 Å². The molecule has 30 heavy (non-hydrogen) atoms. The highest BCUT2D eigenvalue weighted by atomic mass is 16.7. The molecule has 3 aliphatic rings. The Bertz CT molecular complexity index is 1150. The zero-order valence-electron chi connectivity index (χ0n) is 16.1. The number of hydrogen-bond acceptors (Lipinski definition) is 6. The molecule has 0 bridgehead atoms. The fourth-order valence-corrected chi connectivity index (χ4v) is 4.55. The Morgan fingerprint density at radius 2 is 1.80 bits per heavy atom. The monoisotopic (exact) mass is 401 g/mol. The van der Waals surface area contributed by atoms with E-state index in [2.05, 4.69) is 10.3 Å². The molecule has 6 rings (SSSR count). The van der Waals surface area contributed by atoms with Crippen LogP contribution in [-0.4, -0.2) is 37.4 Å². The molecule has 0 aliphatic carbocycles. The Balaban J connectivity index is 1.36. The van der Waals surface area contributed by atoms with Gasteiger partial charge in [-0.15, -0.1) is 0 Å². The SMILES string of the molecule is O=C1N(CCNc2ccccn2)c2ccccc2C12COc1cc3c(cc12)OCO3. The van der Waals surface area contributed by atoms with Crippen LogP contribution in [0.15, 0.2) is 60.8 Å². The van der Waals surface area contributed by atoms with E-state index in [1.54, 1.807) is 6.20 Å². The summed E-state index contributed by atoms with van der Waals surface area (Å²) in [5.74, 6) is 2.79. The number of carbonyl (C=O) groups excluding carboxylic acids is 1. The highest BCUT2D eigenvalue weighted by molar-refractivity contribution is 6.11. The van der Waals surface area contributed by atoms with Crippen molar-refractivity contribution in [3.63, 3.8) is 0 Å². The summed E-state index contributed by atoms with van der Waals surface area (Å²) in [6.07, 6.45) is 1.74. The lowest BCUT2D eigenvalue weighted by Gasteiger charge is -2.23. The van der Waals surface area contributed by atoms with Crippen LogP contribution in [0.3, 0.4) is 0 Å². The summed E-state index contributed by atoms with van der Waals surface area (Å²) in [6, 6.07) is 17.4. The third-order valence-electron chi connectivity index (χ3n) is 5.95. The second-order valence-corrected chi connectivity index (χ2v) is 7.51. The van der Waals surface area contributed by atoms with E-state index >= 15 is 0 Å². The fraction of sp³-hybridized carbons (Fsp3) is 0.217. The predicted molar refractivity (Wildman–Crippen MR) is 110 cm³/mol. The Kier molecular flexibility index (Phi) is 3.65. The summed E-state index contributed by atoms with van der Waals surface area (Å²) in [5, 5.41) is 3.28. The molecule has 1 spiro atoms. The molecule has 150 valence electrons. The topological polar surface area (TPSA) is 72.9 Å². The molecule has 3 aromatic rings. The molecule has 0 saturated heterocycles. The van der Waals surface area contributed by atoms with Gasteiger partial charge in [-0.1, -0.05) is 24.3 Å². The van der Waals surface area contributed by atoms with Crippen LogP contribution in [0.1, 0.15) is 11.1 Å². The molecule has 1 aromatic heterocycles. The minimum Gasteiger partial charge on any atom is -0.491 e. The van der Waals surface area contributed by atoms with Crippen LogP contribution < -0.4 is 24.4 Å². The summed E-state index contributed by atoms with van der Waals surface area (Å²) >= 11 is 0. The van der Waals surface area contributed by atoms with Crippen LogP contribution in [0, 0.1) is 0 Å². The number of amides is 1. The van der Waals surface area contributed by atoms with Gasteiger partial charge in [-0.3, -0.25) is 4.79 Å². The van der Waals surface area contributed by atoms with Gasteiger partial charge in [-0.05, 0) is 29.8 Å². The maximum absolute atomic E-state index is 13.8. The third kappa shape index (κ3) is 2.32. The molecule has 1 unspecified atom stereocenters. The van der Waals surface area contributed by atoms with Crippen LogP contribution >= 0.6 is 0 Å². The number of para-hydroxylation sites is 1. The molecule has 3 aliphatic heterocycles. The van der Waals surface area contributed by atoms with Crippen LogP contribution in [0.2, 0.25) is 0 Å². The lowest BCUT2D eigenvalue weighted by molar-refractivity contribution is -0.122. The second kappa shape index (κ2) is 6.38. The average molecular weight is 401 g/mol. The van der Waals surface area contributed by atoms with Crippen molar-refractivity contribution >= 4 is 17.4 Å². The van der Waals surface area contributed by atoms with Crippen LogP contribution in [-0.2, 0) is 10.2 Å². The molecule has 0 radical (unpaired) electrons. The highest BCUT2D eigenvalue weighted by Crippen LogP contribution is 2.54. The molecule has 7 heteroatoms. The van der Waals surface area contributed by atoms with Gasteiger partial charge in [0.15, 0.2) is 11.5 Å². The van der Waals surface area contributed by atoms with Crippen molar-refractivity contribution in [1.29, 1.82) is 0 Å². The van der Waals surface area contributed by atoms with Crippen molar-refractivity contribution in [3.8, 4) is 17.2 Å². The average Bonchev–Trinajstić information content (AvgIpc) is 3.45. The summed E-state index contributed by atoms with van der Waals surface area (Å²) in [6.45, 7) is 1.56. The van der Waals surface area contributed by atoms with E-state index in [-0.39, 0.29) is 19.3 Å². The van der Waals surface area contributed by atoms with Crippen molar-refractivity contribution in [2.24, 2.45) is 0 Å². The molecule has 2 aromatic carbocycles. The zero-order valence-corrected chi connectivity index (χ0v) is 16.1. The smallest absolute Gasteiger partial charge is 0.245 e. The number of pyridine rings is 1. The van der Waals surface area contributed by atoms with Gasteiger partial charge in [-0.2, -0.15) is 0 Å².